The van der Waals surface area contributed by atoms with Gasteiger partial charge in [-0.2, -0.15) is 0 Å². The molecule has 0 saturated heterocycles. The molecule has 1 N–H and O–H groups in total. The first-order valence-corrected chi connectivity index (χ1v) is 12.5. The van der Waals surface area contributed by atoms with Crippen LogP contribution in [-0.2, 0) is 10.8 Å². The largest absolute Gasteiger partial charge is 0.507 e. The molecule has 20 heavy (non-hydrogen) atoms. The Morgan fingerprint density at radius 1 is 0.850 bits per heavy atom. The highest BCUT2D eigenvalue weighted by Gasteiger charge is 2.31. The van der Waals surface area contributed by atoms with Crippen LogP contribution in [0.3, 0.4) is 0 Å². The fourth-order valence-corrected chi connectivity index (χ4v) is 11.4. The van der Waals surface area contributed by atoms with Crippen LogP contribution in [0.5, 0.6) is 5.75 Å². The summed E-state index contributed by atoms with van der Waals surface area (Å²) in [7, 11) is 8.94. The number of hydrogen-bond donors (Lipinski definition) is 1. The molecule has 1 nitrogen and oxygen atoms in total. The van der Waals surface area contributed by atoms with E-state index in [-0.39, 0.29) is 10.8 Å². The van der Waals surface area contributed by atoms with Gasteiger partial charge in [-0.3, -0.25) is 0 Å². The van der Waals surface area contributed by atoms with Crippen molar-refractivity contribution in [3.63, 3.8) is 0 Å². The highest BCUT2D eigenvalue weighted by atomic mass is 33.8. The number of fused-ring (bicyclic) bond motifs is 1. The van der Waals surface area contributed by atoms with Crippen molar-refractivity contribution >= 4 is 51.1 Å². The Balaban J connectivity index is 2.75. The molecule has 1 heterocycles. The third-order valence-electron chi connectivity index (χ3n) is 3.07. The number of phenols is 1. The second kappa shape index (κ2) is 6.11. The topological polar surface area (TPSA) is 20.2 Å². The minimum atomic E-state index is -0.0663. The fraction of sp³-hybridized carbons (Fsp3) is 0.571. The molecular formula is C14H20OS5. The minimum Gasteiger partial charge on any atom is -0.507 e. The summed E-state index contributed by atoms with van der Waals surface area (Å²) in [4.78, 5) is 2.51. The van der Waals surface area contributed by atoms with Crippen molar-refractivity contribution in [1.82, 2.24) is 0 Å². The molecule has 6 heteroatoms. The normalized spacial score (nSPS) is 16.7. The van der Waals surface area contributed by atoms with Crippen LogP contribution in [0.1, 0.15) is 52.7 Å². The Hall–Kier alpha value is 0.770. The summed E-state index contributed by atoms with van der Waals surface area (Å²) in [6, 6.07) is 2.18. The summed E-state index contributed by atoms with van der Waals surface area (Å²) in [5.74, 6) is 0.481. The van der Waals surface area contributed by atoms with Crippen molar-refractivity contribution < 1.29 is 5.11 Å². The van der Waals surface area contributed by atoms with Crippen molar-refractivity contribution in [3.05, 3.63) is 17.2 Å². The van der Waals surface area contributed by atoms with Gasteiger partial charge >= 0.3 is 0 Å². The van der Waals surface area contributed by atoms with Crippen LogP contribution in [0.4, 0.5) is 0 Å². The monoisotopic (exact) mass is 364 g/mol. The van der Waals surface area contributed by atoms with E-state index in [2.05, 4.69) is 47.6 Å². The van der Waals surface area contributed by atoms with Crippen molar-refractivity contribution in [3.8, 4) is 5.75 Å². The average Bonchev–Trinajstić information content (AvgIpc) is 2.49. The minimum absolute atomic E-state index is 0.0540. The van der Waals surface area contributed by atoms with Crippen LogP contribution < -0.4 is 0 Å². The molecule has 1 aliphatic rings. The van der Waals surface area contributed by atoms with Gasteiger partial charge in [-0.25, -0.2) is 0 Å². The van der Waals surface area contributed by atoms with Crippen molar-refractivity contribution in [2.75, 3.05) is 0 Å². The average molecular weight is 365 g/mol. The predicted octanol–water partition coefficient (Wildman–Crippen LogP) is 7.04. The van der Waals surface area contributed by atoms with Gasteiger partial charge in [-0.15, -0.1) is 0 Å². The number of hydrogen-bond acceptors (Lipinski definition) is 6. The zero-order valence-corrected chi connectivity index (χ0v) is 16.6. The van der Waals surface area contributed by atoms with Gasteiger partial charge in [0.05, 0.1) is 0 Å². The van der Waals surface area contributed by atoms with Gasteiger partial charge in [-0.05, 0) is 68.0 Å². The first kappa shape index (κ1) is 17.1. The van der Waals surface area contributed by atoms with Gasteiger partial charge in [0.15, 0.2) is 0 Å². The number of phenolic OH excluding ortho intramolecular Hbond substituents is 1. The summed E-state index contributed by atoms with van der Waals surface area (Å²) in [5, 5.41) is 10.9. The van der Waals surface area contributed by atoms with Gasteiger partial charge in [0.1, 0.15) is 5.75 Å². The maximum atomic E-state index is 10.9. The van der Waals surface area contributed by atoms with E-state index >= 15 is 0 Å². The molecule has 112 valence electrons. The van der Waals surface area contributed by atoms with Gasteiger partial charge in [0.25, 0.3) is 0 Å². The van der Waals surface area contributed by atoms with Gasteiger partial charge < -0.3 is 5.11 Å². The lowest BCUT2D eigenvalue weighted by Gasteiger charge is -2.30. The van der Waals surface area contributed by atoms with Gasteiger partial charge in [0.2, 0.25) is 0 Å². The summed E-state index contributed by atoms with van der Waals surface area (Å²) < 4.78 is 0. The van der Waals surface area contributed by atoms with E-state index in [1.54, 1.807) is 51.1 Å². The van der Waals surface area contributed by atoms with Crippen LogP contribution in [0.15, 0.2) is 15.9 Å². The molecule has 0 radical (unpaired) electrons. The number of rotatable bonds is 0. The Bertz CT molecular complexity index is 514. The lowest BCUT2D eigenvalue weighted by molar-refractivity contribution is 0.416. The second-order valence-electron chi connectivity index (χ2n) is 6.85. The highest BCUT2D eigenvalue weighted by molar-refractivity contribution is 9.36. The predicted molar refractivity (Wildman–Crippen MR) is 100.0 cm³/mol. The fourth-order valence-electron chi connectivity index (χ4n) is 2.15. The van der Waals surface area contributed by atoms with Crippen LogP contribution in [0, 0.1) is 0 Å². The Morgan fingerprint density at radius 3 is 2.00 bits per heavy atom. The van der Waals surface area contributed by atoms with Gasteiger partial charge in [-0.1, -0.05) is 41.5 Å². The molecule has 0 atom stereocenters. The van der Waals surface area contributed by atoms with Crippen molar-refractivity contribution in [2.24, 2.45) is 0 Å². The molecule has 1 aromatic carbocycles. The van der Waals surface area contributed by atoms with E-state index in [0.29, 0.717) is 5.75 Å². The number of benzene rings is 1. The van der Waals surface area contributed by atoms with Crippen molar-refractivity contribution in [2.45, 2.75) is 62.2 Å². The van der Waals surface area contributed by atoms with E-state index in [0.717, 1.165) is 11.1 Å². The maximum absolute atomic E-state index is 10.9. The molecule has 0 spiro atoms. The van der Waals surface area contributed by atoms with E-state index in [9.17, 15) is 5.11 Å². The van der Waals surface area contributed by atoms with E-state index in [1.807, 2.05) is 0 Å². The molecule has 0 fully saturated rings. The second-order valence-corrected chi connectivity index (χ2v) is 14.3. The lowest BCUT2D eigenvalue weighted by atomic mass is 9.79. The van der Waals surface area contributed by atoms with E-state index in [1.165, 1.54) is 9.79 Å². The number of aromatic hydroxyl groups is 1. The molecule has 0 aliphatic carbocycles. The van der Waals surface area contributed by atoms with Gasteiger partial charge in [0, 0.05) is 20.9 Å². The molecule has 0 aromatic heterocycles. The van der Waals surface area contributed by atoms with Crippen LogP contribution in [-0.4, -0.2) is 5.11 Å². The lowest BCUT2D eigenvalue weighted by Crippen LogP contribution is -2.18. The summed E-state index contributed by atoms with van der Waals surface area (Å²) in [6.45, 7) is 13.0. The quantitative estimate of drug-likeness (QED) is 0.494. The SMILES string of the molecule is CC(C)(C)c1cc2c(c(C(C)(C)C)c1O)SSSSS2. The smallest absolute Gasteiger partial charge is 0.124 e. The van der Waals surface area contributed by atoms with Crippen LogP contribution in [0.2, 0.25) is 0 Å². The molecule has 0 bridgehead atoms. The summed E-state index contributed by atoms with van der Waals surface area (Å²) in [5.41, 5.74) is 2.02. The zero-order chi connectivity index (χ0) is 15.1. The Labute approximate surface area is 140 Å². The van der Waals surface area contributed by atoms with Crippen LogP contribution in [0.25, 0.3) is 0 Å². The van der Waals surface area contributed by atoms with Crippen LogP contribution >= 0.6 is 51.1 Å². The molecule has 1 aliphatic heterocycles. The summed E-state index contributed by atoms with van der Waals surface area (Å²) in [6.07, 6.45) is 0. The molecule has 0 amide bonds. The third-order valence-corrected chi connectivity index (χ3v) is 11.5. The van der Waals surface area contributed by atoms with E-state index < -0.39 is 0 Å². The molecule has 0 unspecified atom stereocenters. The van der Waals surface area contributed by atoms with E-state index in [4.69, 9.17) is 0 Å². The summed E-state index contributed by atoms with van der Waals surface area (Å²) >= 11 is 0. The zero-order valence-electron chi connectivity index (χ0n) is 12.6. The molecule has 0 saturated carbocycles. The standard InChI is InChI=1S/C14H20OS5/c1-13(2,3)8-7-9-12(17-19-20-18-16-9)10(11(8)15)14(4,5)6/h7,15H,1-6H3. The Morgan fingerprint density at radius 2 is 1.45 bits per heavy atom. The molecular weight excluding hydrogens is 344 g/mol. The maximum Gasteiger partial charge on any atom is 0.124 e. The highest BCUT2D eigenvalue weighted by Crippen LogP contribution is 2.62. The first-order valence-electron chi connectivity index (χ1n) is 6.38. The molecule has 2 rings (SSSR count). The Kier molecular flexibility index (Phi) is 5.23. The third kappa shape index (κ3) is 3.57. The van der Waals surface area contributed by atoms with Crippen molar-refractivity contribution in [1.29, 1.82) is 0 Å². The first-order chi connectivity index (χ1) is 9.12. The molecule has 1 aromatic rings.